The molecule has 0 aromatic heterocycles. The zero-order valence-electron chi connectivity index (χ0n) is 10.9. The summed E-state index contributed by atoms with van der Waals surface area (Å²) in [5, 5.41) is 8.67. The predicted octanol–water partition coefficient (Wildman–Crippen LogP) is 3.49. The molecule has 1 amide bonds. The van der Waals surface area contributed by atoms with Crippen LogP contribution in [0.2, 0.25) is 0 Å². The number of halogens is 2. The highest BCUT2D eigenvalue weighted by molar-refractivity contribution is 9.10. The van der Waals surface area contributed by atoms with Crippen LogP contribution in [-0.2, 0) is 4.79 Å². The van der Waals surface area contributed by atoms with Crippen LogP contribution in [0.3, 0.4) is 0 Å². The second kappa shape index (κ2) is 7.25. The Bertz CT molecular complexity index is 485. The number of anilines is 1. The largest absolute Gasteiger partial charge is 0.308 e. The number of rotatable bonds is 5. The topological polar surface area (TPSA) is 44.1 Å². The lowest BCUT2D eigenvalue weighted by molar-refractivity contribution is -0.118. The maximum absolute atomic E-state index is 13.8. The van der Waals surface area contributed by atoms with Gasteiger partial charge in [-0.15, -0.1) is 0 Å². The lowest BCUT2D eigenvalue weighted by atomic mass is 10.1. The Morgan fingerprint density at radius 3 is 2.63 bits per heavy atom. The number of hydrogen-bond acceptors (Lipinski definition) is 2. The lowest BCUT2D eigenvalue weighted by Crippen LogP contribution is -2.40. The maximum Gasteiger partial charge on any atom is 0.241 e. The van der Waals surface area contributed by atoms with Crippen molar-refractivity contribution in [3.05, 3.63) is 30.1 Å². The van der Waals surface area contributed by atoms with E-state index in [4.69, 9.17) is 5.26 Å². The number of amides is 1. The Morgan fingerprint density at radius 1 is 1.47 bits per heavy atom. The molecule has 0 saturated heterocycles. The van der Waals surface area contributed by atoms with Gasteiger partial charge < -0.3 is 4.90 Å². The van der Waals surface area contributed by atoms with Crippen molar-refractivity contribution in [2.75, 3.05) is 11.4 Å². The van der Waals surface area contributed by atoms with E-state index < -0.39 is 10.6 Å². The minimum atomic E-state index is -0.461. The first kappa shape index (κ1) is 15.6. The molecule has 0 N–H and O–H groups in total. The molecule has 3 nitrogen and oxygen atoms in total. The molecule has 0 heterocycles. The van der Waals surface area contributed by atoms with Crippen molar-refractivity contribution in [2.45, 2.75) is 25.1 Å². The van der Waals surface area contributed by atoms with Crippen molar-refractivity contribution >= 4 is 27.5 Å². The van der Waals surface area contributed by atoms with Crippen LogP contribution in [0.4, 0.5) is 10.1 Å². The molecule has 1 rings (SSSR count). The SMILES string of the molecule is CC(C)C(Br)C(=O)N(CCC#N)c1ccccc1F. The van der Waals surface area contributed by atoms with Gasteiger partial charge in [0.2, 0.25) is 5.91 Å². The van der Waals surface area contributed by atoms with Crippen LogP contribution in [0, 0.1) is 23.1 Å². The van der Waals surface area contributed by atoms with E-state index in [1.807, 2.05) is 19.9 Å². The fourth-order valence-corrected chi connectivity index (χ4v) is 1.86. The molecule has 1 atom stereocenters. The average Bonchev–Trinajstić information content (AvgIpc) is 2.39. The standard InChI is InChI=1S/C14H16BrFN2O/c1-10(2)13(15)14(19)18(9-5-8-17)12-7-4-3-6-11(12)16/h3-4,6-7,10,13H,5,9H2,1-2H3. The number of benzene rings is 1. The number of nitriles is 1. The minimum Gasteiger partial charge on any atom is -0.308 e. The van der Waals surface area contributed by atoms with E-state index in [0.717, 1.165) is 0 Å². The molecule has 19 heavy (non-hydrogen) atoms. The molecule has 0 fully saturated rings. The first-order valence-electron chi connectivity index (χ1n) is 6.06. The van der Waals surface area contributed by atoms with E-state index >= 15 is 0 Å². The van der Waals surface area contributed by atoms with Crippen molar-refractivity contribution in [2.24, 2.45) is 5.92 Å². The lowest BCUT2D eigenvalue weighted by Gasteiger charge is -2.26. The van der Waals surface area contributed by atoms with Gasteiger partial charge in [-0.1, -0.05) is 41.9 Å². The summed E-state index contributed by atoms with van der Waals surface area (Å²) in [5.41, 5.74) is 0.216. The zero-order valence-corrected chi connectivity index (χ0v) is 12.5. The van der Waals surface area contributed by atoms with Crippen LogP contribution in [0.5, 0.6) is 0 Å². The molecule has 1 aromatic carbocycles. The van der Waals surface area contributed by atoms with Gasteiger partial charge in [0.05, 0.1) is 23.0 Å². The van der Waals surface area contributed by atoms with Gasteiger partial charge in [-0.25, -0.2) is 4.39 Å². The number of hydrogen-bond donors (Lipinski definition) is 0. The highest BCUT2D eigenvalue weighted by atomic mass is 79.9. The quantitative estimate of drug-likeness (QED) is 0.777. The van der Waals surface area contributed by atoms with E-state index in [1.165, 1.54) is 11.0 Å². The molecule has 1 unspecified atom stereocenters. The summed E-state index contributed by atoms with van der Waals surface area (Å²) in [6, 6.07) is 8.07. The fourth-order valence-electron chi connectivity index (χ4n) is 1.62. The molecule has 0 spiro atoms. The van der Waals surface area contributed by atoms with Gasteiger partial charge in [-0.2, -0.15) is 5.26 Å². The van der Waals surface area contributed by atoms with E-state index in [1.54, 1.807) is 18.2 Å². The van der Waals surface area contributed by atoms with Gasteiger partial charge in [0.1, 0.15) is 5.82 Å². The third-order valence-corrected chi connectivity index (χ3v) is 4.13. The maximum atomic E-state index is 13.8. The summed E-state index contributed by atoms with van der Waals surface area (Å²) in [6.45, 7) is 3.99. The molecule has 1 aromatic rings. The predicted molar refractivity (Wildman–Crippen MR) is 76.5 cm³/mol. The zero-order chi connectivity index (χ0) is 14.4. The van der Waals surface area contributed by atoms with E-state index in [2.05, 4.69) is 15.9 Å². The normalized spacial score (nSPS) is 12.0. The second-order valence-electron chi connectivity index (χ2n) is 4.50. The first-order chi connectivity index (χ1) is 8.99. The van der Waals surface area contributed by atoms with Crippen LogP contribution in [0.25, 0.3) is 0 Å². The summed E-state index contributed by atoms with van der Waals surface area (Å²) >= 11 is 3.33. The molecule has 0 saturated carbocycles. The number of carbonyl (C=O) groups excluding carboxylic acids is 1. The molecule has 0 bridgehead atoms. The Labute approximate surface area is 121 Å². The second-order valence-corrected chi connectivity index (χ2v) is 5.48. The Balaban J connectivity index is 3.05. The number of alkyl halides is 1. The highest BCUT2D eigenvalue weighted by Gasteiger charge is 2.26. The third-order valence-electron chi connectivity index (χ3n) is 2.68. The first-order valence-corrected chi connectivity index (χ1v) is 6.97. The summed E-state index contributed by atoms with van der Waals surface area (Å²) in [5.74, 6) is -0.601. The van der Waals surface area contributed by atoms with Gasteiger partial charge in [-0.05, 0) is 18.1 Å². The number of nitrogens with zero attached hydrogens (tertiary/aromatic N) is 2. The Hall–Kier alpha value is -1.41. The molecule has 0 aliphatic heterocycles. The summed E-state index contributed by atoms with van der Waals surface area (Å²) in [4.78, 5) is 13.3. The fraction of sp³-hybridized carbons (Fsp3) is 0.429. The van der Waals surface area contributed by atoms with E-state index in [0.29, 0.717) is 0 Å². The van der Waals surface area contributed by atoms with Crippen LogP contribution < -0.4 is 4.90 Å². The van der Waals surface area contributed by atoms with Gasteiger partial charge >= 0.3 is 0 Å². The molecular weight excluding hydrogens is 311 g/mol. The van der Waals surface area contributed by atoms with Gasteiger partial charge in [0.15, 0.2) is 0 Å². The number of para-hydroxylation sites is 1. The van der Waals surface area contributed by atoms with Crippen molar-refractivity contribution in [3.8, 4) is 6.07 Å². The van der Waals surface area contributed by atoms with Gasteiger partial charge in [0, 0.05) is 6.54 Å². The molecule has 5 heteroatoms. The molecule has 0 aliphatic carbocycles. The average molecular weight is 327 g/mol. The van der Waals surface area contributed by atoms with Gasteiger partial charge in [0.25, 0.3) is 0 Å². The van der Waals surface area contributed by atoms with Crippen molar-refractivity contribution in [1.29, 1.82) is 5.26 Å². The van der Waals surface area contributed by atoms with Crippen LogP contribution in [-0.4, -0.2) is 17.3 Å². The van der Waals surface area contributed by atoms with Gasteiger partial charge in [-0.3, -0.25) is 4.79 Å². The molecule has 0 radical (unpaired) electrons. The molecule has 102 valence electrons. The molecule has 0 aliphatic rings. The van der Waals surface area contributed by atoms with E-state index in [-0.39, 0.29) is 30.5 Å². The van der Waals surface area contributed by atoms with Crippen LogP contribution >= 0.6 is 15.9 Å². The number of carbonyl (C=O) groups is 1. The third kappa shape index (κ3) is 4.03. The van der Waals surface area contributed by atoms with Crippen LogP contribution in [0.1, 0.15) is 20.3 Å². The van der Waals surface area contributed by atoms with Crippen molar-refractivity contribution < 1.29 is 9.18 Å². The van der Waals surface area contributed by atoms with Crippen molar-refractivity contribution in [1.82, 2.24) is 0 Å². The minimum absolute atomic E-state index is 0.0869. The smallest absolute Gasteiger partial charge is 0.241 e. The Kier molecular flexibility index (Phi) is 5.97. The van der Waals surface area contributed by atoms with Crippen molar-refractivity contribution in [3.63, 3.8) is 0 Å². The highest BCUT2D eigenvalue weighted by Crippen LogP contribution is 2.23. The summed E-state index contributed by atoms with van der Waals surface area (Å²) in [6.07, 6.45) is 0.165. The monoisotopic (exact) mass is 326 g/mol. The molecular formula is C14H16BrFN2O. The van der Waals surface area contributed by atoms with E-state index in [9.17, 15) is 9.18 Å². The van der Waals surface area contributed by atoms with Crippen LogP contribution in [0.15, 0.2) is 24.3 Å². The summed E-state index contributed by atoms with van der Waals surface area (Å²) < 4.78 is 13.8. The summed E-state index contributed by atoms with van der Waals surface area (Å²) in [7, 11) is 0. The Morgan fingerprint density at radius 2 is 2.11 bits per heavy atom.